The van der Waals surface area contributed by atoms with Crippen molar-refractivity contribution < 1.29 is 0 Å². The van der Waals surface area contributed by atoms with Gasteiger partial charge in [0.1, 0.15) is 12.7 Å². The van der Waals surface area contributed by atoms with Crippen molar-refractivity contribution in [3.63, 3.8) is 0 Å². The first kappa shape index (κ1) is 7.26. The van der Waals surface area contributed by atoms with Crippen LogP contribution in [0.3, 0.4) is 0 Å². The van der Waals surface area contributed by atoms with E-state index in [1.807, 2.05) is 0 Å². The number of aromatic amines is 1. The second-order valence-electron chi connectivity index (χ2n) is 1.46. The second-order valence-corrected chi connectivity index (χ2v) is 1.46. The maximum absolute atomic E-state index is 3.56. The maximum atomic E-state index is 3.56. The van der Waals surface area contributed by atoms with Crippen LogP contribution in [-0.4, -0.2) is 30.6 Å². The van der Waals surface area contributed by atoms with E-state index in [0.29, 0.717) is 0 Å². The number of hydrogen-bond acceptors (Lipinski definition) is 5. The largest absolute Gasteiger partial charge is 0.266 e. The highest BCUT2D eigenvalue weighted by Gasteiger charge is 1.60. The summed E-state index contributed by atoms with van der Waals surface area (Å²) in [4.78, 5) is 3.56. The van der Waals surface area contributed by atoms with Crippen LogP contribution in [0.15, 0.2) is 31.1 Å². The predicted molar refractivity (Wildman–Crippen MR) is 36.2 cm³/mol. The van der Waals surface area contributed by atoms with Crippen molar-refractivity contribution in [2.75, 3.05) is 0 Å². The number of aromatic nitrogens is 6. The van der Waals surface area contributed by atoms with Crippen molar-refractivity contribution in [2.24, 2.45) is 0 Å². The average Bonchev–Trinajstić information content (AvgIpc) is 2.64. The van der Waals surface area contributed by atoms with Gasteiger partial charge >= 0.3 is 0 Å². The topological polar surface area (TPSA) is 80.2 Å². The number of hydrogen-bond donors (Lipinski definition) is 1. The molecule has 2 heterocycles. The molecule has 11 heavy (non-hydrogen) atoms. The Kier molecular flexibility index (Phi) is 3.28. The second kappa shape index (κ2) is 4.98. The summed E-state index contributed by atoms with van der Waals surface area (Å²) in [7, 11) is 0. The molecule has 0 aromatic carbocycles. The molecule has 0 radical (unpaired) electrons. The molecule has 6 heteroatoms. The summed E-state index contributed by atoms with van der Waals surface area (Å²) in [6.07, 6.45) is 6.11. The van der Waals surface area contributed by atoms with Crippen LogP contribution in [0.2, 0.25) is 0 Å². The normalized spacial score (nSPS) is 8.00. The van der Waals surface area contributed by atoms with Crippen molar-refractivity contribution in [2.45, 2.75) is 0 Å². The third-order valence-corrected chi connectivity index (χ3v) is 0.740. The SMILES string of the molecule is c1cnnnc1.c1nc[nH]n1. The smallest absolute Gasteiger partial charge is 0.137 e. The monoisotopic (exact) mass is 150 g/mol. The van der Waals surface area contributed by atoms with Crippen LogP contribution in [0.1, 0.15) is 0 Å². The molecule has 0 unspecified atom stereocenters. The van der Waals surface area contributed by atoms with E-state index in [0.717, 1.165) is 0 Å². The van der Waals surface area contributed by atoms with Gasteiger partial charge in [0.2, 0.25) is 0 Å². The highest BCUT2D eigenvalue weighted by Crippen LogP contribution is 1.61. The minimum absolute atomic E-state index is 1.44. The molecule has 0 aliphatic carbocycles. The maximum Gasteiger partial charge on any atom is 0.137 e. The van der Waals surface area contributed by atoms with Crippen LogP contribution < -0.4 is 0 Å². The molecular formula is C5H6N6. The Morgan fingerprint density at radius 2 is 1.91 bits per heavy atom. The minimum Gasteiger partial charge on any atom is -0.266 e. The van der Waals surface area contributed by atoms with E-state index in [9.17, 15) is 0 Å². The van der Waals surface area contributed by atoms with Crippen molar-refractivity contribution in [3.8, 4) is 0 Å². The van der Waals surface area contributed by atoms with Gasteiger partial charge in [0.05, 0.1) is 12.4 Å². The molecule has 6 nitrogen and oxygen atoms in total. The summed E-state index contributed by atoms with van der Waals surface area (Å²) >= 11 is 0. The van der Waals surface area contributed by atoms with Crippen molar-refractivity contribution in [1.29, 1.82) is 0 Å². The number of rotatable bonds is 0. The summed E-state index contributed by atoms with van der Waals surface area (Å²) < 4.78 is 0. The van der Waals surface area contributed by atoms with E-state index in [4.69, 9.17) is 0 Å². The minimum atomic E-state index is 1.44. The number of nitrogens with one attached hydrogen (secondary N) is 1. The van der Waals surface area contributed by atoms with Crippen LogP contribution in [0.4, 0.5) is 0 Å². The van der Waals surface area contributed by atoms with E-state index in [2.05, 4.69) is 30.6 Å². The number of H-pyrrole nitrogens is 1. The van der Waals surface area contributed by atoms with Crippen LogP contribution in [-0.2, 0) is 0 Å². The fourth-order valence-electron chi connectivity index (χ4n) is 0.372. The van der Waals surface area contributed by atoms with Gasteiger partial charge < -0.3 is 0 Å². The number of nitrogens with zero attached hydrogens (tertiary/aromatic N) is 5. The summed E-state index contributed by atoms with van der Waals surface area (Å²) in [5, 5.41) is 16.1. The average molecular weight is 150 g/mol. The standard InChI is InChI=1S/C3H3N3.C2H3N3/c1-2-4-6-5-3-1;1-3-2-5-4-1/h1-3H;1-2H,(H,3,4,5). The molecule has 2 aromatic rings. The molecule has 1 N–H and O–H groups in total. The summed E-state index contributed by atoms with van der Waals surface area (Å²) in [5.41, 5.74) is 0. The van der Waals surface area contributed by atoms with Gasteiger partial charge in [0.25, 0.3) is 0 Å². The Balaban J connectivity index is 0.000000112. The van der Waals surface area contributed by atoms with E-state index in [1.165, 1.54) is 12.7 Å². The molecule has 0 saturated heterocycles. The van der Waals surface area contributed by atoms with Gasteiger partial charge in [0.15, 0.2) is 0 Å². The quantitative estimate of drug-likeness (QED) is 0.556. The zero-order valence-electron chi connectivity index (χ0n) is 5.62. The van der Waals surface area contributed by atoms with E-state index in [-0.39, 0.29) is 0 Å². The predicted octanol–water partition coefficient (Wildman–Crippen LogP) is -0.324. The Bertz CT molecular complexity index is 197. The van der Waals surface area contributed by atoms with Crippen LogP contribution in [0.25, 0.3) is 0 Å². The molecular weight excluding hydrogens is 144 g/mol. The first-order valence-electron chi connectivity index (χ1n) is 2.87. The fourth-order valence-corrected chi connectivity index (χ4v) is 0.372. The zero-order chi connectivity index (χ0) is 7.78. The third-order valence-electron chi connectivity index (χ3n) is 0.740. The van der Waals surface area contributed by atoms with Crippen LogP contribution in [0, 0.1) is 0 Å². The van der Waals surface area contributed by atoms with Gasteiger partial charge in [-0.05, 0) is 11.3 Å². The Morgan fingerprint density at radius 3 is 2.09 bits per heavy atom. The molecule has 0 bridgehead atoms. The lowest BCUT2D eigenvalue weighted by Gasteiger charge is -1.68. The third kappa shape index (κ3) is 3.68. The summed E-state index contributed by atoms with van der Waals surface area (Å²) in [5.74, 6) is 0. The summed E-state index contributed by atoms with van der Waals surface area (Å²) in [6, 6.07) is 1.72. The molecule has 0 saturated carbocycles. The first-order valence-corrected chi connectivity index (χ1v) is 2.87. The first-order chi connectivity index (χ1) is 5.50. The molecule has 0 atom stereocenters. The Hall–Kier alpha value is -1.85. The van der Waals surface area contributed by atoms with Gasteiger partial charge in [-0.2, -0.15) is 5.10 Å². The van der Waals surface area contributed by atoms with E-state index >= 15 is 0 Å². The molecule has 2 rings (SSSR count). The molecule has 0 aliphatic rings. The molecule has 0 amide bonds. The zero-order valence-corrected chi connectivity index (χ0v) is 5.62. The van der Waals surface area contributed by atoms with Gasteiger partial charge in [-0.3, -0.25) is 5.10 Å². The highest BCUT2D eigenvalue weighted by molar-refractivity contribution is 4.69. The summed E-state index contributed by atoms with van der Waals surface area (Å²) in [6.45, 7) is 0. The lowest BCUT2D eigenvalue weighted by atomic mass is 10.7. The molecule has 2 aromatic heterocycles. The van der Waals surface area contributed by atoms with Crippen molar-refractivity contribution in [3.05, 3.63) is 31.1 Å². The van der Waals surface area contributed by atoms with Gasteiger partial charge in [0, 0.05) is 0 Å². The van der Waals surface area contributed by atoms with Crippen molar-refractivity contribution >= 4 is 0 Å². The fraction of sp³-hybridized carbons (Fsp3) is 0. The van der Waals surface area contributed by atoms with Crippen LogP contribution >= 0.6 is 0 Å². The van der Waals surface area contributed by atoms with Crippen molar-refractivity contribution in [1.82, 2.24) is 30.6 Å². The van der Waals surface area contributed by atoms with Gasteiger partial charge in [-0.25, -0.2) is 4.98 Å². The lowest BCUT2D eigenvalue weighted by molar-refractivity contribution is 0.865. The lowest BCUT2D eigenvalue weighted by Crippen LogP contribution is -1.78. The molecule has 0 spiro atoms. The van der Waals surface area contributed by atoms with Crippen LogP contribution in [0.5, 0.6) is 0 Å². The highest BCUT2D eigenvalue weighted by atomic mass is 15.3. The Morgan fingerprint density at radius 1 is 1.09 bits per heavy atom. The molecule has 0 aliphatic heterocycles. The van der Waals surface area contributed by atoms with Gasteiger partial charge in [-0.1, -0.05) is 0 Å². The molecule has 56 valence electrons. The van der Waals surface area contributed by atoms with Gasteiger partial charge in [-0.15, -0.1) is 10.2 Å². The Labute approximate surface area is 62.7 Å². The molecule has 0 fully saturated rings. The van der Waals surface area contributed by atoms with E-state index in [1.54, 1.807) is 18.5 Å². The van der Waals surface area contributed by atoms with E-state index < -0.39 is 0 Å².